The molecule has 0 aliphatic carbocycles. The quantitative estimate of drug-likeness (QED) is 0.621. The van der Waals surface area contributed by atoms with Crippen LogP contribution >= 0.6 is 0 Å². The maximum Gasteiger partial charge on any atom is 0.324 e. The highest BCUT2D eigenvalue weighted by molar-refractivity contribution is 5.96. The Labute approximate surface area is 88.8 Å². The fraction of sp³-hybridized carbons (Fsp3) is 0.778. The van der Waals surface area contributed by atoms with Gasteiger partial charge in [-0.2, -0.15) is 0 Å². The molecule has 1 fully saturated rings. The van der Waals surface area contributed by atoms with Gasteiger partial charge in [0.1, 0.15) is 0 Å². The second kappa shape index (κ2) is 5.09. The Morgan fingerprint density at radius 3 is 2.87 bits per heavy atom. The molecule has 1 heterocycles. The number of hydrogen-bond donors (Lipinski definition) is 2. The minimum Gasteiger partial charge on any atom is -0.392 e. The molecule has 6 nitrogen and oxygen atoms in total. The maximum atomic E-state index is 11.6. The standard InChI is InChI=1S/C9H17N3O3/c1-7(13)5-11(2)6-8(14)12-4-3-10-9(12)15/h7,13H,3-6H2,1-2H3,(H,10,15). The van der Waals surface area contributed by atoms with Gasteiger partial charge in [0, 0.05) is 19.6 Å². The molecule has 0 aromatic heterocycles. The van der Waals surface area contributed by atoms with Crippen LogP contribution in [0.4, 0.5) is 4.79 Å². The van der Waals surface area contributed by atoms with Crippen molar-refractivity contribution in [3.63, 3.8) is 0 Å². The molecule has 2 N–H and O–H groups in total. The molecule has 3 amide bonds. The highest BCUT2D eigenvalue weighted by atomic mass is 16.3. The summed E-state index contributed by atoms with van der Waals surface area (Å²) in [6.45, 7) is 3.17. The van der Waals surface area contributed by atoms with Crippen molar-refractivity contribution in [2.24, 2.45) is 0 Å². The van der Waals surface area contributed by atoms with Gasteiger partial charge in [-0.3, -0.25) is 14.6 Å². The molecule has 86 valence electrons. The first-order chi connectivity index (χ1) is 7.00. The lowest BCUT2D eigenvalue weighted by Gasteiger charge is -2.20. The lowest BCUT2D eigenvalue weighted by molar-refractivity contribution is -0.128. The fourth-order valence-corrected chi connectivity index (χ4v) is 1.54. The fourth-order valence-electron chi connectivity index (χ4n) is 1.54. The van der Waals surface area contributed by atoms with E-state index < -0.39 is 6.10 Å². The van der Waals surface area contributed by atoms with E-state index in [9.17, 15) is 9.59 Å². The summed E-state index contributed by atoms with van der Waals surface area (Å²) in [5, 5.41) is 11.7. The van der Waals surface area contributed by atoms with Crippen LogP contribution < -0.4 is 5.32 Å². The van der Waals surface area contributed by atoms with Crippen LogP contribution in [0.1, 0.15) is 6.92 Å². The van der Waals surface area contributed by atoms with E-state index in [-0.39, 0.29) is 18.5 Å². The summed E-state index contributed by atoms with van der Waals surface area (Å²) in [6, 6.07) is -0.328. The summed E-state index contributed by atoms with van der Waals surface area (Å²) in [5.74, 6) is -0.229. The van der Waals surface area contributed by atoms with Crippen molar-refractivity contribution in [3.05, 3.63) is 0 Å². The topological polar surface area (TPSA) is 72.9 Å². The summed E-state index contributed by atoms with van der Waals surface area (Å²) in [4.78, 5) is 25.6. The minimum absolute atomic E-state index is 0.151. The first kappa shape index (κ1) is 11.9. The summed E-state index contributed by atoms with van der Waals surface area (Å²) in [5.41, 5.74) is 0. The molecule has 1 aliphatic rings. The predicted molar refractivity (Wildman–Crippen MR) is 54.3 cm³/mol. The normalized spacial score (nSPS) is 18.1. The summed E-state index contributed by atoms with van der Waals surface area (Å²) >= 11 is 0. The number of carbonyl (C=O) groups excluding carboxylic acids is 2. The van der Waals surface area contributed by atoms with Gasteiger partial charge in [0.15, 0.2) is 0 Å². The van der Waals surface area contributed by atoms with E-state index in [0.717, 1.165) is 0 Å². The number of likely N-dealkylation sites (N-methyl/N-ethyl adjacent to an activating group) is 1. The second-order valence-electron chi connectivity index (χ2n) is 3.82. The minimum atomic E-state index is -0.477. The van der Waals surface area contributed by atoms with Gasteiger partial charge >= 0.3 is 6.03 Å². The van der Waals surface area contributed by atoms with E-state index in [1.165, 1.54) is 4.90 Å². The van der Waals surface area contributed by atoms with Crippen LogP contribution in [0, 0.1) is 0 Å². The van der Waals surface area contributed by atoms with E-state index >= 15 is 0 Å². The van der Waals surface area contributed by atoms with Crippen molar-refractivity contribution in [1.82, 2.24) is 15.1 Å². The Hall–Kier alpha value is -1.14. The third kappa shape index (κ3) is 3.49. The second-order valence-corrected chi connectivity index (χ2v) is 3.82. The number of amides is 3. The van der Waals surface area contributed by atoms with Crippen molar-refractivity contribution in [1.29, 1.82) is 0 Å². The molecule has 0 spiro atoms. The molecule has 6 heteroatoms. The zero-order chi connectivity index (χ0) is 11.4. The van der Waals surface area contributed by atoms with Gasteiger partial charge in [-0.1, -0.05) is 0 Å². The van der Waals surface area contributed by atoms with Crippen molar-refractivity contribution in [3.8, 4) is 0 Å². The van der Waals surface area contributed by atoms with Gasteiger partial charge in [-0.25, -0.2) is 4.79 Å². The molecule has 0 aromatic rings. The zero-order valence-corrected chi connectivity index (χ0v) is 9.06. The van der Waals surface area contributed by atoms with Gasteiger partial charge in [0.2, 0.25) is 5.91 Å². The number of nitrogens with zero attached hydrogens (tertiary/aromatic N) is 2. The number of imide groups is 1. The molecule has 1 rings (SSSR count). The average Bonchev–Trinajstić information content (AvgIpc) is 2.49. The molecule has 0 aromatic carbocycles. The molecule has 0 radical (unpaired) electrons. The number of aliphatic hydroxyl groups excluding tert-OH is 1. The van der Waals surface area contributed by atoms with Gasteiger partial charge in [-0.05, 0) is 14.0 Å². The first-order valence-corrected chi connectivity index (χ1v) is 4.95. The zero-order valence-electron chi connectivity index (χ0n) is 9.06. The van der Waals surface area contributed by atoms with E-state index in [0.29, 0.717) is 19.6 Å². The smallest absolute Gasteiger partial charge is 0.324 e. The largest absolute Gasteiger partial charge is 0.392 e. The number of nitrogens with one attached hydrogen (secondary N) is 1. The Morgan fingerprint density at radius 1 is 1.73 bits per heavy atom. The number of hydrogen-bond acceptors (Lipinski definition) is 4. The van der Waals surface area contributed by atoms with Crippen molar-refractivity contribution in [2.75, 3.05) is 33.2 Å². The van der Waals surface area contributed by atoms with Crippen LogP contribution in [-0.2, 0) is 4.79 Å². The SMILES string of the molecule is CC(O)CN(C)CC(=O)N1CCNC1=O. The van der Waals surface area contributed by atoms with E-state index in [2.05, 4.69) is 5.32 Å². The highest BCUT2D eigenvalue weighted by Crippen LogP contribution is 1.99. The lowest BCUT2D eigenvalue weighted by atomic mass is 10.3. The van der Waals surface area contributed by atoms with Crippen LogP contribution in [-0.4, -0.2) is 66.2 Å². The van der Waals surface area contributed by atoms with Crippen molar-refractivity contribution in [2.45, 2.75) is 13.0 Å². The molecule has 1 unspecified atom stereocenters. The van der Waals surface area contributed by atoms with Crippen molar-refractivity contribution >= 4 is 11.9 Å². The summed E-state index contributed by atoms with van der Waals surface area (Å²) in [7, 11) is 1.73. The Bertz CT molecular complexity index is 255. The number of aliphatic hydroxyl groups is 1. The first-order valence-electron chi connectivity index (χ1n) is 4.95. The predicted octanol–water partition coefficient (Wildman–Crippen LogP) is -1.15. The van der Waals surface area contributed by atoms with Crippen LogP contribution in [0.15, 0.2) is 0 Å². The molecular formula is C9H17N3O3. The molecule has 1 aliphatic heterocycles. The van der Waals surface area contributed by atoms with Crippen LogP contribution in [0.2, 0.25) is 0 Å². The van der Waals surface area contributed by atoms with Crippen molar-refractivity contribution < 1.29 is 14.7 Å². The Morgan fingerprint density at radius 2 is 2.40 bits per heavy atom. The van der Waals surface area contributed by atoms with Crippen LogP contribution in [0.5, 0.6) is 0 Å². The molecule has 1 atom stereocenters. The molecule has 15 heavy (non-hydrogen) atoms. The monoisotopic (exact) mass is 215 g/mol. The molecule has 1 saturated heterocycles. The molecular weight excluding hydrogens is 198 g/mol. The van der Waals surface area contributed by atoms with Gasteiger partial charge in [-0.15, -0.1) is 0 Å². The van der Waals surface area contributed by atoms with Gasteiger partial charge in [0.25, 0.3) is 0 Å². The third-order valence-electron chi connectivity index (χ3n) is 2.14. The van der Waals surface area contributed by atoms with Gasteiger partial charge in [0.05, 0.1) is 12.6 Å². The Balaban J connectivity index is 2.38. The van der Waals surface area contributed by atoms with Crippen LogP contribution in [0.3, 0.4) is 0 Å². The van der Waals surface area contributed by atoms with Gasteiger partial charge < -0.3 is 10.4 Å². The maximum absolute atomic E-state index is 11.6. The molecule has 0 saturated carbocycles. The van der Waals surface area contributed by atoms with E-state index in [4.69, 9.17) is 5.11 Å². The average molecular weight is 215 g/mol. The van der Waals surface area contributed by atoms with E-state index in [1.807, 2.05) is 0 Å². The highest BCUT2D eigenvalue weighted by Gasteiger charge is 2.26. The third-order valence-corrected chi connectivity index (χ3v) is 2.14. The number of carbonyl (C=O) groups is 2. The number of rotatable bonds is 4. The van der Waals surface area contributed by atoms with Crippen LogP contribution in [0.25, 0.3) is 0 Å². The Kier molecular flexibility index (Phi) is 4.05. The number of urea groups is 1. The molecule has 0 bridgehead atoms. The lowest BCUT2D eigenvalue weighted by Crippen LogP contribution is -2.42. The van der Waals surface area contributed by atoms with E-state index in [1.54, 1.807) is 18.9 Å². The summed E-state index contributed by atoms with van der Waals surface area (Å²) in [6.07, 6.45) is -0.477. The summed E-state index contributed by atoms with van der Waals surface area (Å²) < 4.78 is 0.